The highest BCUT2D eigenvalue weighted by atomic mass is 16.6. The molecule has 2 aliphatic carbocycles. The molecule has 6 atom stereocenters. The number of non-ortho nitro benzene ring substituents is 2. The first-order valence-electron chi connectivity index (χ1n) is 16.0. The second kappa shape index (κ2) is 12.5. The van der Waals surface area contributed by atoms with Gasteiger partial charge in [0.15, 0.2) is 11.5 Å². The van der Waals surface area contributed by atoms with Crippen LogP contribution in [0.4, 0.5) is 22.7 Å². The Bertz CT molecular complexity index is 2080. The van der Waals surface area contributed by atoms with Crippen molar-refractivity contribution in [3.8, 4) is 17.2 Å². The lowest BCUT2D eigenvalue weighted by Gasteiger charge is -2.42. The summed E-state index contributed by atoms with van der Waals surface area (Å²) in [5.41, 5.74) is 0.750. The smallest absolute Gasteiger partial charge is 0.271 e. The van der Waals surface area contributed by atoms with Crippen LogP contribution in [0.15, 0.2) is 78.4 Å². The molecule has 0 spiro atoms. The van der Waals surface area contributed by atoms with Gasteiger partial charge >= 0.3 is 0 Å². The average molecular weight is 695 g/mol. The normalized spacial score (nSPS) is 25.4. The zero-order chi connectivity index (χ0) is 36.3. The SMILES string of the molecule is COc1cc(C=CC2C3=CCC4C(=O)N(c5cccc([N+](=O)[O-])c5)C(=O)C4C3CC3C(=O)N(c4cccc([N+](=O)[O-])c4)C(=O)C23)cc(OC)c1O. The fourth-order valence-electron chi connectivity index (χ4n) is 8.07. The summed E-state index contributed by atoms with van der Waals surface area (Å²) in [6.07, 6.45) is 5.48. The molecule has 6 unspecified atom stereocenters. The van der Waals surface area contributed by atoms with E-state index in [4.69, 9.17) is 9.47 Å². The number of nitro groups is 2. The van der Waals surface area contributed by atoms with Crippen molar-refractivity contribution in [2.75, 3.05) is 24.0 Å². The van der Waals surface area contributed by atoms with E-state index in [0.717, 1.165) is 15.9 Å². The third kappa shape index (κ3) is 5.28. The lowest BCUT2D eigenvalue weighted by Crippen LogP contribution is -2.43. The first-order chi connectivity index (χ1) is 24.4. The number of methoxy groups -OCH3 is 2. The zero-order valence-electron chi connectivity index (χ0n) is 27.2. The molecule has 4 aliphatic rings. The zero-order valence-corrected chi connectivity index (χ0v) is 27.2. The van der Waals surface area contributed by atoms with Crippen LogP contribution >= 0.6 is 0 Å². The number of anilines is 2. The van der Waals surface area contributed by atoms with Crippen molar-refractivity contribution in [2.24, 2.45) is 35.5 Å². The number of imide groups is 2. The third-order valence-corrected chi connectivity index (χ3v) is 10.3. The van der Waals surface area contributed by atoms with Gasteiger partial charge in [-0.1, -0.05) is 35.9 Å². The van der Waals surface area contributed by atoms with Crippen LogP contribution in [0.5, 0.6) is 17.2 Å². The Hall–Kier alpha value is -6.38. The van der Waals surface area contributed by atoms with Crippen LogP contribution in [0, 0.1) is 55.7 Å². The molecular weight excluding hydrogens is 664 g/mol. The van der Waals surface area contributed by atoms with Crippen LogP contribution in [0.2, 0.25) is 0 Å². The maximum Gasteiger partial charge on any atom is 0.271 e. The molecule has 0 bridgehead atoms. The van der Waals surface area contributed by atoms with E-state index in [1.54, 1.807) is 24.3 Å². The van der Waals surface area contributed by atoms with Gasteiger partial charge in [0.25, 0.3) is 11.4 Å². The van der Waals surface area contributed by atoms with Crippen LogP contribution < -0.4 is 19.3 Å². The van der Waals surface area contributed by atoms with Gasteiger partial charge in [-0.15, -0.1) is 0 Å². The standard InChI is InChI=1S/C36H30N4O11/c1-50-28-13-18(14-29(51-2)32(28)41)9-10-24-23-11-12-25-31(36(45)37(33(25)42)19-5-3-7-21(15-19)39(46)47)26(23)17-27-30(24)35(44)38(34(27)43)20-6-4-8-22(16-20)40(48)49/h3-11,13-16,24-27,30-31,41H,12,17H2,1-2H3. The maximum absolute atomic E-state index is 14.3. The van der Waals surface area contributed by atoms with Gasteiger partial charge in [0.05, 0.1) is 59.1 Å². The number of amides is 4. The van der Waals surface area contributed by atoms with Gasteiger partial charge in [0.2, 0.25) is 29.4 Å². The second-order valence-corrected chi connectivity index (χ2v) is 12.8. The van der Waals surface area contributed by atoms with Gasteiger partial charge in [-0.25, -0.2) is 9.80 Å². The minimum absolute atomic E-state index is 0.0446. The molecule has 3 aromatic rings. The number of allylic oxidation sites excluding steroid dienone is 3. The first kappa shape index (κ1) is 33.1. The van der Waals surface area contributed by atoms with E-state index in [-0.39, 0.29) is 52.8 Å². The van der Waals surface area contributed by atoms with E-state index in [2.05, 4.69) is 0 Å². The summed E-state index contributed by atoms with van der Waals surface area (Å²) < 4.78 is 10.6. The molecule has 1 saturated carbocycles. The van der Waals surface area contributed by atoms with E-state index in [1.807, 2.05) is 6.08 Å². The molecule has 3 aromatic carbocycles. The maximum atomic E-state index is 14.3. The van der Waals surface area contributed by atoms with Gasteiger partial charge in [0.1, 0.15) is 0 Å². The monoisotopic (exact) mass is 694 g/mol. The number of benzene rings is 3. The number of phenolic OH excluding ortho intramolecular Hbond substituents is 1. The predicted octanol–water partition coefficient (Wildman–Crippen LogP) is 4.82. The Kier molecular flexibility index (Phi) is 8.12. The number of ether oxygens (including phenoxy) is 2. The lowest BCUT2D eigenvalue weighted by atomic mass is 9.58. The molecular formula is C36H30N4O11. The Balaban J connectivity index is 1.31. The number of aromatic hydroxyl groups is 1. The summed E-state index contributed by atoms with van der Waals surface area (Å²) >= 11 is 0. The molecule has 0 aromatic heterocycles. The quantitative estimate of drug-likeness (QED) is 0.147. The summed E-state index contributed by atoms with van der Waals surface area (Å²) in [4.78, 5) is 80.1. The molecule has 15 heteroatoms. The van der Waals surface area contributed by atoms with Gasteiger partial charge in [-0.2, -0.15) is 0 Å². The van der Waals surface area contributed by atoms with Gasteiger partial charge in [-0.3, -0.25) is 39.4 Å². The van der Waals surface area contributed by atoms with Crippen LogP contribution in [-0.4, -0.2) is 52.8 Å². The number of carbonyl (C=O) groups excluding carboxylic acids is 4. The molecule has 7 rings (SSSR count). The Morgan fingerprint density at radius 1 is 0.745 bits per heavy atom. The van der Waals surface area contributed by atoms with E-state index >= 15 is 0 Å². The van der Waals surface area contributed by atoms with Crippen molar-refractivity contribution in [3.63, 3.8) is 0 Å². The molecule has 2 saturated heterocycles. The summed E-state index contributed by atoms with van der Waals surface area (Å²) in [5, 5.41) is 33.5. The van der Waals surface area contributed by atoms with Crippen molar-refractivity contribution in [2.45, 2.75) is 12.8 Å². The highest BCUT2D eigenvalue weighted by molar-refractivity contribution is 6.24. The molecule has 51 heavy (non-hydrogen) atoms. The van der Waals surface area contributed by atoms with Gasteiger partial charge in [0, 0.05) is 30.2 Å². The average Bonchev–Trinajstić information content (AvgIpc) is 3.54. The summed E-state index contributed by atoms with van der Waals surface area (Å²) in [6, 6.07) is 13.6. The minimum atomic E-state index is -0.939. The number of fused-ring (bicyclic) bond motifs is 4. The number of hydrogen-bond donors (Lipinski definition) is 1. The largest absolute Gasteiger partial charge is 0.502 e. The number of nitrogens with zero attached hydrogens (tertiary/aromatic N) is 4. The van der Waals surface area contributed by atoms with Crippen molar-refractivity contribution in [1.29, 1.82) is 0 Å². The fourth-order valence-corrected chi connectivity index (χ4v) is 8.07. The molecule has 1 N–H and O–H groups in total. The minimum Gasteiger partial charge on any atom is -0.502 e. The summed E-state index contributed by atoms with van der Waals surface area (Å²) in [6.45, 7) is 0. The van der Waals surface area contributed by atoms with Gasteiger partial charge < -0.3 is 14.6 Å². The topological polar surface area (TPSA) is 200 Å². The molecule has 0 radical (unpaired) electrons. The predicted molar refractivity (Wildman–Crippen MR) is 180 cm³/mol. The van der Waals surface area contributed by atoms with Crippen molar-refractivity contribution in [1.82, 2.24) is 0 Å². The van der Waals surface area contributed by atoms with E-state index < -0.39 is 69.0 Å². The van der Waals surface area contributed by atoms with Crippen LogP contribution in [0.1, 0.15) is 18.4 Å². The first-order valence-corrected chi connectivity index (χ1v) is 16.0. The van der Waals surface area contributed by atoms with Crippen molar-refractivity contribution < 1.29 is 43.6 Å². The van der Waals surface area contributed by atoms with E-state index in [0.29, 0.717) is 11.1 Å². The van der Waals surface area contributed by atoms with Crippen LogP contribution in [0.3, 0.4) is 0 Å². The van der Waals surface area contributed by atoms with Crippen molar-refractivity contribution in [3.05, 3.63) is 104 Å². The number of phenols is 1. The third-order valence-electron chi connectivity index (χ3n) is 10.3. The van der Waals surface area contributed by atoms with Crippen LogP contribution in [0.25, 0.3) is 6.08 Å². The highest BCUT2D eigenvalue weighted by Gasteiger charge is 2.61. The number of nitro benzene ring substituents is 2. The number of hydrogen-bond acceptors (Lipinski definition) is 11. The molecule has 260 valence electrons. The Morgan fingerprint density at radius 2 is 1.27 bits per heavy atom. The molecule has 3 fully saturated rings. The second-order valence-electron chi connectivity index (χ2n) is 12.8. The summed E-state index contributed by atoms with van der Waals surface area (Å²) in [5.74, 6) is -7.11. The number of carbonyl (C=O) groups is 4. The van der Waals surface area contributed by atoms with Gasteiger partial charge in [-0.05, 0) is 48.6 Å². The highest BCUT2D eigenvalue weighted by Crippen LogP contribution is 2.56. The summed E-state index contributed by atoms with van der Waals surface area (Å²) in [7, 11) is 2.76. The lowest BCUT2D eigenvalue weighted by molar-refractivity contribution is -0.385. The molecule has 2 aliphatic heterocycles. The fraction of sp³-hybridized carbons (Fsp3) is 0.278. The van der Waals surface area contributed by atoms with Crippen molar-refractivity contribution >= 4 is 52.5 Å². The molecule has 2 heterocycles. The van der Waals surface area contributed by atoms with E-state index in [9.17, 15) is 44.5 Å². The Morgan fingerprint density at radius 3 is 1.80 bits per heavy atom. The number of rotatable bonds is 8. The van der Waals surface area contributed by atoms with Crippen LogP contribution in [-0.2, 0) is 19.2 Å². The molecule has 15 nitrogen and oxygen atoms in total. The Labute approximate surface area is 289 Å². The van der Waals surface area contributed by atoms with E-state index in [1.165, 1.54) is 56.7 Å². The molecule has 4 amide bonds.